The van der Waals surface area contributed by atoms with Crippen LogP contribution in [0.5, 0.6) is 0 Å². The minimum Gasteiger partial charge on any atom is -0.299 e. The fourth-order valence-corrected chi connectivity index (χ4v) is 5.08. The van der Waals surface area contributed by atoms with Crippen LogP contribution in [0.4, 0.5) is 4.39 Å². The predicted molar refractivity (Wildman–Crippen MR) is 106 cm³/mol. The molecular weight excluding hydrogens is 323 g/mol. The van der Waals surface area contributed by atoms with Gasteiger partial charge in [0, 0.05) is 11.6 Å². The number of aryl methyl sites for hydroxylation is 1. The van der Waals surface area contributed by atoms with Gasteiger partial charge in [-0.3, -0.25) is 4.40 Å². The molecule has 0 radical (unpaired) electrons. The molecule has 0 amide bonds. The zero-order valence-electron chi connectivity index (χ0n) is 15.9. The van der Waals surface area contributed by atoms with Crippen LogP contribution in [0, 0.1) is 12.7 Å². The number of halogens is 1. The zero-order valence-corrected chi connectivity index (χ0v) is 15.9. The van der Waals surface area contributed by atoms with Crippen molar-refractivity contribution in [3.8, 4) is 0 Å². The highest BCUT2D eigenvalue weighted by Gasteiger charge is 2.42. The number of rotatable bonds is 0. The van der Waals surface area contributed by atoms with Crippen molar-refractivity contribution < 1.29 is 4.39 Å². The molecule has 0 unspecified atom stereocenters. The van der Waals surface area contributed by atoms with Crippen molar-refractivity contribution in [2.45, 2.75) is 51.9 Å². The second-order valence-corrected chi connectivity index (χ2v) is 9.14. The van der Waals surface area contributed by atoms with E-state index in [2.05, 4.69) is 44.2 Å². The van der Waals surface area contributed by atoms with Crippen LogP contribution in [0.1, 0.15) is 50.8 Å². The summed E-state index contributed by atoms with van der Waals surface area (Å²) >= 11 is 0. The number of benzene rings is 2. The molecule has 0 saturated heterocycles. The number of nitrogens with zero attached hydrogens (tertiary/aromatic N) is 2. The van der Waals surface area contributed by atoms with Crippen LogP contribution in [0.3, 0.4) is 0 Å². The SMILES string of the molecule is Cc1cc2c(ccn3c4cc5c(cc4nc23)C(C)(C)CC5(C)C)cc1F. The Morgan fingerprint density at radius 2 is 1.69 bits per heavy atom. The van der Waals surface area contributed by atoms with Crippen LogP contribution >= 0.6 is 0 Å². The summed E-state index contributed by atoms with van der Waals surface area (Å²) in [5.41, 5.74) is 6.86. The lowest BCUT2D eigenvalue weighted by Crippen LogP contribution is -2.17. The quantitative estimate of drug-likeness (QED) is 0.379. The largest absolute Gasteiger partial charge is 0.299 e. The zero-order chi connectivity index (χ0) is 18.4. The maximum absolute atomic E-state index is 14.0. The topological polar surface area (TPSA) is 17.3 Å². The Morgan fingerprint density at radius 1 is 1.00 bits per heavy atom. The van der Waals surface area contributed by atoms with E-state index in [1.165, 1.54) is 11.1 Å². The van der Waals surface area contributed by atoms with Gasteiger partial charge in [0.1, 0.15) is 11.5 Å². The van der Waals surface area contributed by atoms with Crippen molar-refractivity contribution in [3.05, 3.63) is 59.0 Å². The van der Waals surface area contributed by atoms with Crippen molar-refractivity contribution in [1.29, 1.82) is 0 Å². The number of fused-ring (bicyclic) bond motifs is 6. The Labute approximate surface area is 152 Å². The molecule has 0 fully saturated rings. The molecule has 2 heterocycles. The van der Waals surface area contributed by atoms with Crippen LogP contribution < -0.4 is 0 Å². The Balaban J connectivity index is 1.91. The molecule has 2 aromatic carbocycles. The lowest BCUT2D eigenvalue weighted by molar-refractivity contribution is 0.403. The van der Waals surface area contributed by atoms with E-state index in [4.69, 9.17) is 4.98 Å². The standard InChI is InChI=1S/C23H23FN2/c1-13-8-15-14(9-18(13)24)6-7-26-20-11-17-16(10-19(20)25-21(15)26)22(2,3)12-23(17,4)5/h6-11H,12H2,1-5H3. The third-order valence-corrected chi connectivity index (χ3v) is 6.15. The fraction of sp³-hybridized carbons (Fsp3) is 0.348. The molecule has 26 heavy (non-hydrogen) atoms. The maximum atomic E-state index is 14.0. The molecule has 132 valence electrons. The first-order valence-corrected chi connectivity index (χ1v) is 9.23. The minimum absolute atomic E-state index is 0.157. The van der Waals surface area contributed by atoms with Gasteiger partial charge < -0.3 is 0 Å². The summed E-state index contributed by atoms with van der Waals surface area (Å²) in [5.74, 6) is -0.166. The number of pyridine rings is 1. The van der Waals surface area contributed by atoms with Gasteiger partial charge in [0.2, 0.25) is 0 Å². The lowest BCUT2D eigenvalue weighted by Gasteiger charge is -2.22. The van der Waals surface area contributed by atoms with E-state index in [0.29, 0.717) is 5.56 Å². The number of aromatic nitrogens is 2. The van der Waals surface area contributed by atoms with Gasteiger partial charge >= 0.3 is 0 Å². The molecule has 1 aliphatic rings. The number of hydrogen-bond acceptors (Lipinski definition) is 1. The average Bonchev–Trinajstić information content (AvgIpc) is 3.00. The Kier molecular flexibility index (Phi) is 2.82. The van der Waals surface area contributed by atoms with Gasteiger partial charge in [0.25, 0.3) is 0 Å². The summed E-state index contributed by atoms with van der Waals surface area (Å²) in [6, 6.07) is 10.1. The van der Waals surface area contributed by atoms with E-state index < -0.39 is 0 Å². The van der Waals surface area contributed by atoms with Crippen LogP contribution in [0.25, 0.3) is 27.5 Å². The van der Waals surface area contributed by atoms with Crippen LogP contribution in [-0.2, 0) is 10.8 Å². The summed E-state index contributed by atoms with van der Waals surface area (Å²) in [6.45, 7) is 11.1. The normalized spacial score (nSPS) is 18.1. The fourth-order valence-electron chi connectivity index (χ4n) is 5.08. The molecular formula is C23H23FN2. The van der Waals surface area contributed by atoms with Crippen molar-refractivity contribution >= 4 is 27.5 Å². The van der Waals surface area contributed by atoms with E-state index in [9.17, 15) is 4.39 Å². The van der Waals surface area contributed by atoms with Crippen molar-refractivity contribution in [3.63, 3.8) is 0 Å². The van der Waals surface area contributed by atoms with Crippen LogP contribution in [0.15, 0.2) is 36.5 Å². The van der Waals surface area contributed by atoms with Gasteiger partial charge in [-0.25, -0.2) is 9.37 Å². The van der Waals surface area contributed by atoms with E-state index >= 15 is 0 Å². The monoisotopic (exact) mass is 346 g/mol. The smallest absolute Gasteiger partial charge is 0.145 e. The van der Waals surface area contributed by atoms with E-state index in [1.807, 2.05) is 18.3 Å². The Hall–Kier alpha value is -2.42. The summed E-state index contributed by atoms with van der Waals surface area (Å²) in [7, 11) is 0. The summed E-state index contributed by atoms with van der Waals surface area (Å²) in [6.07, 6.45) is 3.16. The van der Waals surface area contributed by atoms with Crippen molar-refractivity contribution in [1.82, 2.24) is 9.38 Å². The van der Waals surface area contributed by atoms with Crippen molar-refractivity contribution in [2.24, 2.45) is 0 Å². The molecule has 0 atom stereocenters. The van der Waals surface area contributed by atoms with E-state index in [0.717, 1.165) is 33.9 Å². The Bertz CT molecular complexity index is 1230. The third kappa shape index (κ3) is 1.94. The molecule has 3 heteroatoms. The number of hydrogen-bond donors (Lipinski definition) is 0. The second kappa shape index (κ2) is 4.64. The molecule has 0 N–H and O–H groups in total. The summed E-state index contributed by atoms with van der Waals surface area (Å²) < 4.78 is 16.1. The predicted octanol–water partition coefficient (Wildman–Crippen LogP) is 6.05. The van der Waals surface area contributed by atoms with Gasteiger partial charge in [0.05, 0.1) is 11.0 Å². The van der Waals surface area contributed by atoms with Gasteiger partial charge in [-0.05, 0) is 76.6 Å². The highest BCUT2D eigenvalue weighted by molar-refractivity contribution is 5.98. The molecule has 0 aliphatic heterocycles. The highest BCUT2D eigenvalue weighted by Crippen LogP contribution is 2.50. The lowest BCUT2D eigenvalue weighted by atomic mass is 9.82. The van der Waals surface area contributed by atoms with Crippen molar-refractivity contribution in [2.75, 3.05) is 0 Å². The summed E-state index contributed by atoms with van der Waals surface area (Å²) in [4.78, 5) is 4.95. The second-order valence-electron chi connectivity index (χ2n) is 9.14. The first-order chi connectivity index (χ1) is 12.2. The van der Waals surface area contributed by atoms with E-state index in [1.54, 1.807) is 13.0 Å². The van der Waals surface area contributed by atoms with Gasteiger partial charge in [-0.1, -0.05) is 27.7 Å². The molecule has 5 rings (SSSR count). The Morgan fingerprint density at radius 3 is 2.42 bits per heavy atom. The van der Waals surface area contributed by atoms with Crippen LogP contribution in [-0.4, -0.2) is 9.38 Å². The first kappa shape index (κ1) is 15.8. The first-order valence-electron chi connectivity index (χ1n) is 9.23. The molecule has 0 saturated carbocycles. The van der Waals surface area contributed by atoms with Crippen LogP contribution in [0.2, 0.25) is 0 Å². The molecule has 1 aliphatic carbocycles. The molecule has 4 aromatic rings. The van der Waals surface area contributed by atoms with Gasteiger partial charge in [0.15, 0.2) is 0 Å². The number of imidazole rings is 1. The summed E-state index contributed by atoms with van der Waals surface area (Å²) in [5, 5.41) is 1.89. The van der Waals surface area contributed by atoms with E-state index in [-0.39, 0.29) is 16.6 Å². The molecule has 0 spiro atoms. The average molecular weight is 346 g/mol. The third-order valence-electron chi connectivity index (χ3n) is 6.15. The van der Waals surface area contributed by atoms with Gasteiger partial charge in [-0.15, -0.1) is 0 Å². The molecule has 0 bridgehead atoms. The van der Waals surface area contributed by atoms with Gasteiger partial charge in [-0.2, -0.15) is 0 Å². The minimum atomic E-state index is -0.166. The molecule has 2 aromatic heterocycles. The molecule has 2 nitrogen and oxygen atoms in total. The maximum Gasteiger partial charge on any atom is 0.145 e. The highest BCUT2D eigenvalue weighted by atomic mass is 19.1.